The van der Waals surface area contributed by atoms with E-state index in [1.807, 2.05) is 0 Å². The smallest absolute Gasteiger partial charge is 0.316 e. The van der Waals surface area contributed by atoms with Gasteiger partial charge < -0.3 is 13.9 Å². The van der Waals surface area contributed by atoms with E-state index in [-0.39, 0.29) is 12.4 Å². The van der Waals surface area contributed by atoms with Gasteiger partial charge in [-0.3, -0.25) is 0 Å². The van der Waals surface area contributed by atoms with Crippen LogP contribution in [0.25, 0.3) is 0 Å². The summed E-state index contributed by atoms with van der Waals surface area (Å²) >= 11 is 0. The highest BCUT2D eigenvalue weighted by Gasteiger charge is 2.06. The van der Waals surface area contributed by atoms with Gasteiger partial charge in [0.05, 0.1) is 0 Å². The quantitative estimate of drug-likeness (QED) is 0.336. The molecule has 0 saturated heterocycles. The Labute approximate surface area is 34.5 Å². The molecule has 2 nitrogen and oxygen atoms in total. The van der Waals surface area contributed by atoms with E-state index >= 15 is 0 Å². The summed E-state index contributed by atoms with van der Waals surface area (Å²) in [6.07, 6.45) is -0.125. The summed E-state index contributed by atoms with van der Waals surface area (Å²) in [6.45, 7) is -1.93. The average Bonchev–Trinajstić information content (AvgIpc) is 1.65. The van der Waals surface area contributed by atoms with Gasteiger partial charge in [0.25, 0.3) is 0 Å². The highest BCUT2D eigenvalue weighted by Crippen LogP contribution is 1.65. The first-order valence-electron chi connectivity index (χ1n) is 1.36. The molecule has 0 atom stereocenters. The summed E-state index contributed by atoms with van der Waals surface area (Å²) in [4.78, 5) is 18.3. The maximum atomic E-state index is 11.1. The van der Waals surface area contributed by atoms with Crippen LogP contribution in [0.3, 0.4) is 0 Å². The second-order valence-electron chi connectivity index (χ2n) is 0.717. The van der Waals surface area contributed by atoms with Crippen LogP contribution >= 0.6 is 0 Å². The molecular formula is C2H2BFO2. The van der Waals surface area contributed by atoms with Gasteiger partial charge in [0, 0.05) is 0 Å². The molecule has 0 N–H and O–H groups in total. The largest absolute Gasteiger partial charge is 0.479 e. The molecule has 0 amide bonds. The molecule has 0 aliphatic carbocycles. The van der Waals surface area contributed by atoms with Crippen LogP contribution in [0.1, 0.15) is 0 Å². The van der Waals surface area contributed by atoms with Crippen molar-refractivity contribution >= 4 is 19.4 Å². The first-order chi connectivity index (χ1) is 2.81. The first kappa shape index (κ1) is 5.33. The molecule has 6 heavy (non-hydrogen) atoms. The molecule has 0 radical (unpaired) electrons. The molecule has 0 unspecified atom stereocenters. The lowest BCUT2D eigenvalue weighted by molar-refractivity contribution is 0.557. The molecule has 0 bridgehead atoms. The van der Waals surface area contributed by atoms with Gasteiger partial charge in [-0.15, -0.1) is 0 Å². The van der Waals surface area contributed by atoms with E-state index in [9.17, 15) is 4.32 Å². The lowest BCUT2D eigenvalue weighted by Gasteiger charge is -1.66. The molecule has 32 valence electrons. The van der Waals surface area contributed by atoms with Gasteiger partial charge in [-0.25, -0.2) is 0 Å². The maximum absolute atomic E-state index is 11.1. The number of carbonyl (C=O) groups excluding carboxylic acids is 2. The van der Waals surface area contributed by atoms with Gasteiger partial charge in [0.2, 0.25) is 0 Å². The number of hydrogen-bond donors (Lipinski definition) is 0. The number of carbonyl (C=O) groups is 2. The number of halogens is 1. The summed E-state index contributed by atoms with van der Waals surface area (Å²) in [5, 5.41) is 0. The monoisotopic (exact) mass is 88.0 g/mol. The summed E-state index contributed by atoms with van der Waals surface area (Å²) in [6, 6.07) is 0. The molecule has 0 saturated carbocycles. The van der Waals surface area contributed by atoms with E-state index in [1.165, 1.54) is 0 Å². The minimum atomic E-state index is -1.93. The van der Waals surface area contributed by atoms with E-state index in [2.05, 4.69) is 0 Å². The van der Waals surface area contributed by atoms with Gasteiger partial charge >= 0.3 is 6.99 Å². The van der Waals surface area contributed by atoms with Crippen LogP contribution in [0.5, 0.6) is 0 Å². The van der Waals surface area contributed by atoms with E-state index in [1.54, 1.807) is 0 Å². The lowest BCUT2D eigenvalue weighted by Crippen LogP contribution is -2.08. The molecule has 0 fully saturated rings. The summed E-state index contributed by atoms with van der Waals surface area (Å²) in [5.74, 6) is 0. The van der Waals surface area contributed by atoms with Crippen molar-refractivity contribution < 1.29 is 13.9 Å². The Hall–Kier alpha value is -0.665. The number of hydrogen-bond acceptors (Lipinski definition) is 2. The maximum Gasteiger partial charge on any atom is 0.479 e. The Morgan fingerprint density at radius 1 is 1.33 bits per heavy atom. The molecule has 0 aliphatic rings. The third-order valence-corrected chi connectivity index (χ3v) is 0.260. The van der Waals surface area contributed by atoms with Crippen molar-refractivity contribution in [1.29, 1.82) is 0 Å². The molecule has 4 heteroatoms. The Balaban J connectivity index is 3.21. The molecule has 0 heterocycles. The fourth-order valence-electron chi connectivity index (χ4n) is 0.0321. The minimum Gasteiger partial charge on any atom is -0.316 e. The molecule has 0 aromatic heterocycles. The fraction of sp³-hybridized carbons (Fsp3) is 0. The zero-order valence-electron chi connectivity index (χ0n) is 2.93. The predicted octanol–water partition coefficient (Wildman–Crippen LogP) is -0.509. The Kier molecular flexibility index (Phi) is 2.28. The molecule has 0 aliphatic heterocycles. The highest BCUT2D eigenvalue weighted by atomic mass is 19.1. The van der Waals surface area contributed by atoms with Crippen LogP contribution in [-0.2, 0) is 9.59 Å². The van der Waals surface area contributed by atoms with Crippen molar-refractivity contribution in [2.75, 3.05) is 0 Å². The summed E-state index contributed by atoms with van der Waals surface area (Å²) in [7, 11) is 0. The fourth-order valence-corrected chi connectivity index (χ4v) is 0.0321. The zero-order chi connectivity index (χ0) is 4.99. The Morgan fingerprint density at radius 2 is 1.67 bits per heavy atom. The minimum absolute atomic E-state index is 0.0625. The SMILES string of the molecule is O=CB(F)C=O. The molecule has 0 aromatic rings. The normalized spacial score (nSPS) is 6.83. The standard InChI is InChI=1S/C2H2BFO2/c4-3(1-5)2-6/h1-2H. The van der Waals surface area contributed by atoms with Crippen molar-refractivity contribution in [2.45, 2.75) is 0 Å². The zero-order valence-corrected chi connectivity index (χ0v) is 2.93. The lowest BCUT2D eigenvalue weighted by atomic mass is 9.78. The molecule has 0 spiro atoms. The Bertz CT molecular complexity index is 56.6. The molecule has 0 rings (SSSR count). The average molecular weight is 87.8 g/mol. The van der Waals surface area contributed by atoms with Gasteiger partial charge in [0.15, 0.2) is 0 Å². The van der Waals surface area contributed by atoms with Crippen LogP contribution in [0.2, 0.25) is 0 Å². The number of rotatable bonds is 2. The van der Waals surface area contributed by atoms with Gasteiger partial charge in [0.1, 0.15) is 12.4 Å². The van der Waals surface area contributed by atoms with Crippen molar-refractivity contribution in [3.63, 3.8) is 0 Å². The van der Waals surface area contributed by atoms with Crippen molar-refractivity contribution in [3.8, 4) is 0 Å². The third kappa shape index (κ3) is 1.63. The summed E-state index contributed by atoms with van der Waals surface area (Å²) in [5.41, 5.74) is 0. The van der Waals surface area contributed by atoms with Crippen LogP contribution in [0.15, 0.2) is 0 Å². The first-order valence-corrected chi connectivity index (χ1v) is 1.36. The molecular weight excluding hydrogens is 85.8 g/mol. The van der Waals surface area contributed by atoms with Crippen LogP contribution in [0.4, 0.5) is 4.32 Å². The second-order valence-corrected chi connectivity index (χ2v) is 0.717. The van der Waals surface area contributed by atoms with Crippen LogP contribution in [0, 0.1) is 0 Å². The predicted molar refractivity (Wildman–Crippen MR) is 20.4 cm³/mol. The summed E-state index contributed by atoms with van der Waals surface area (Å²) < 4.78 is 11.1. The van der Waals surface area contributed by atoms with E-state index < -0.39 is 6.99 Å². The van der Waals surface area contributed by atoms with Crippen LogP contribution < -0.4 is 0 Å². The van der Waals surface area contributed by atoms with E-state index in [0.717, 1.165) is 0 Å². The third-order valence-electron chi connectivity index (χ3n) is 0.260. The van der Waals surface area contributed by atoms with Crippen molar-refractivity contribution in [3.05, 3.63) is 0 Å². The molecule has 0 aromatic carbocycles. The highest BCUT2D eigenvalue weighted by molar-refractivity contribution is 6.98. The van der Waals surface area contributed by atoms with Crippen molar-refractivity contribution in [1.82, 2.24) is 0 Å². The topological polar surface area (TPSA) is 34.1 Å². The van der Waals surface area contributed by atoms with E-state index in [4.69, 9.17) is 9.59 Å². The Morgan fingerprint density at radius 3 is 1.67 bits per heavy atom. The van der Waals surface area contributed by atoms with Crippen molar-refractivity contribution in [2.24, 2.45) is 0 Å². The van der Waals surface area contributed by atoms with Crippen LogP contribution in [-0.4, -0.2) is 19.4 Å². The van der Waals surface area contributed by atoms with Gasteiger partial charge in [-0.2, -0.15) is 0 Å². The van der Waals surface area contributed by atoms with Gasteiger partial charge in [-0.1, -0.05) is 0 Å². The second kappa shape index (κ2) is 2.57. The van der Waals surface area contributed by atoms with E-state index in [0.29, 0.717) is 0 Å². The van der Waals surface area contributed by atoms with Gasteiger partial charge in [-0.05, 0) is 0 Å².